The van der Waals surface area contributed by atoms with Crippen LogP contribution in [0.3, 0.4) is 0 Å². The van der Waals surface area contributed by atoms with Crippen molar-refractivity contribution < 1.29 is 9.18 Å². The predicted octanol–water partition coefficient (Wildman–Crippen LogP) is 4.90. The van der Waals surface area contributed by atoms with Gasteiger partial charge < -0.3 is 5.32 Å². The van der Waals surface area contributed by atoms with Gasteiger partial charge in [0, 0.05) is 18.9 Å². The van der Waals surface area contributed by atoms with E-state index < -0.39 is 11.7 Å². The molecule has 1 amide bonds. The number of aryl methyl sites for hydroxylation is 1. The summed E-state index contributed by atoms with van der Waals surface area (Å²) in [6.45, 7) is 9.11. The van der Waals surface area contributed by atoms with E-state index in [4.69, 9.17) is 18.8 Å². The van der Waals surface area contributed by atoms with Crippen LogP contribution in [0.1, 0.15) is 15.9 Å². The lowest BCUT2D eigenvalue weighted by atomic mass is 10.1. The zero-order valence-corrected chi connectivity index (χ0v) is 17.0. The highest BCUT2D eigenvalue weighted by atomic mass is 32.1. The Labute approximate surface area is 177 Å². The molecule has 148 valence electrons. The van der Waals surface area contributed by atoms with Crippen LogP contribution < -0.4 is 5.32 Å². The van der Waals surface area contributed by atoms with Gasteiger partial charge in [-0.25, -0.2) is 14.2 Å². The van der Waals surface area contributed by atoms with Crippen molar-refractivity contribution in [2.75, 3.05) is 7.05 Å². The number of hydrogen-bond acceptors (Lipinski definition) is 3. The summed E-state index contributed by atoms with van der Waals surface area (Å²) in [7, 11) is 1.45. The first-order valence-electron chi connectivity index (χ1n) is 9.05. The third-order valence-electron chi connectivity index (χ3n) is 4.84. The van der Waals surface area contributed by atoms with E-state index >= 15 is 0 Å². The van der Waals surface area contributed by atoms with Gasteiger partial charge in [-0.1, -0.05) is 6.07 Å². The van der Waals surface area contributed by atoms with Gasteiger partial charge in [-0.15, -0.1) is 0 Å². The van der Waals surface area contributed by atoms with Crippen LogP contribution in [0, 0.1) is 24.1 Å². The van der Waals surface area contributed by atoms with Crippen LogP contribution in [0.25, 0.3) is 27.4 Å². The Bertz CT molecular complexity index is 1410. The monoisotopic (exact) mass is 417 g/mol. The van der Waals surface area contributed by atoms with E-state index in [2.05, 4.69) is 15.1 Å². The molecule has 4 aromatic rings. The van der Waals surface area contributed by atoms with Crippen molar-refractivity contribution in [3.63, 3.8) is 0 Å². The molecule has 2 heterocycles. The van der Waals surface area contributed by atoms with Crippen molar-refractivity contribution in [3.8, 4) is 11.4 Å². The van der Waals surface area contributed by atoms with Crippen molar-refractivity contribution >= 4 is 35.0 Å². The number of imidazole rings is 1. The van der Waals surface area contributed by atoms with Crippen LogP contribution in [0.5, 0.6) is 0 Å². The Kier molecular flexibility index (Phi) is 4.90. The third kappa shape index (κ3) is 3.06. The molecule has 0 saturated carbocycles. The maximum atomic E-state index is 14.6. The average molecular weight is 417 g/mol. The number of carbonyl (C=O) groups excluding carboxylic acids is 1. The number of amides is 1. The molecule has 2 aromatic heterocycles. The minimum Gasteiger partial charge on any atom is -0.355 e. The predicted molar refractivity (Wildman–Crippen MR) is 116 cm³/mol. The molecule has 2 aromatic carbocycles. The van der Waals surface area contributed by atoms with E-state index in [1.165, 1.54) is 19.2 Å². The van der Waals surface area contributed by atoms with Crippen LogP contribution >= 0.6 is 12.2 Å². The molecular formula is C22H16FN5OS. The minimum absolute atomic E-state index is 0.0417. The molecule has 0 saturated heterocycles. The van der Waals surface area contributed by atoms with Gasteiger partial charge in [-0.3, -0.25) is 13.9 Å². The zero-order valence-electron chi connectivity index (χ0n) is 16.2. The number of rotatable bonds is 3. The second kappa shape index (κ2) is 7.54. The van der Waals surface area contributed by atoms with E-state index in [0.717, 1.165) is 11.3 Å². The molecule has 0 atom stereocenters. The fraction of sp³-hybridized carbons (Fsp3) is 0.0909. The highest BCUT2D eigenvalue weighted by Gasteiger charge is 2.17. The Morgan fingerprint density at radius 3 is 2.57 bits per heavy atom. The number of nitrogens with zero attached hydrogens (tertiary/aromatic N) is 4. The normalized spacial score (nSPS) is 10.7. The number of nitrogens with one attached hydrogen (secondary N) is 1. The summed E-state index contributed by atoms with van der Waals surface area (Å²) in [5.41, 5.74) is 3.89. The fourth-order valence-electron chi connectivity index (χ4n) is 3.38. The second-order valence-electron chi connectivity index (χ2n) is 6.63. The van der Waals surface area contributed by atoms with Gasteiger partial charge in [-0.05, 0) is 67.2 Å². The molecule has 0 aliphatic rings. The standard InChI is InChI=1S/C22H16FN5OS/c1-13-11-14(7-9-18(13)24-2)28-20-19(5-4-10-26-20)27(22(28)30)15-6-8-16(17(23)12-15)21(29)25-3/h4-12H,1,3H3,(H,25,29). The smallest absolute Gasteiger partial charge is 0.253 e. The highest BCUT2D eigenvalue weighted by molar-refractivity contribution is 7.71. The molecule has 0 bridgehead atoms. The van der Waals surface area contributed by atoms with Crippen LogP contribution in [-0.4, -0.2) is 27.1 Å². The van der Waals surface area contributed by atoms with Crippen LogP contribution in [0.15, 0.2) is 54.7 Å². The molecular weight excluding hydrogens is 401 g/mol. The van der Waals surface area contributed by atoms with Crippen LogP contribution in [0.4, 0.5) is 10.1 Å². The molecule has 6 nitrogen and oxygen atoms in total. The average Bonchev–Trinajstić information content (AvgIpc) is 3.04. The third-order valence-corrected chi connectivity index (χ3v) is 5.21. The first-order valence-corrected chi connectivity index (χ1v) is 9.46. The maximum absolute atomic E-state index is 14.6. The lowest BCUT2D eigenvalue weighted by Gasteiger charge is -2.08. The van der Waals surface area contributed by atoms with Crippen molar-refractivity contribution in [2.24, 2.45) is 0 Å². The number of halogens is 1. The highest BCUT2D eigenvalue weighted by Crippen LogP contribution is 2.28. The van der Waals surface area contributed by atoms with Gasteiger partial charge in [0.15, 0.2) is 16.1 Å². The number of hydrogen-bond donors (Lipinski definition) is 1. The summed E-state index contributed by atoms with van der Waals surface area (Å²) in [5, 5.41) is 2.42. The lowest BCUT2D eigenvalue weighted by molar-refractivity contribution is 0.0959. The Morgan fingerprint density at radius 2 is 1.90 bits per heavy atom. The SMILES string of the molecule is [C-]#[N+]c1ccc(-n2c(=S)n(-c3ccc(C(=O)NC)c(F)c3)c3cccnc32)cc1C. The quantitative estimate of drug-likeness (QED) is 0.381. The molecule has 0 fully saturated rings. The Morgan fingerprint density at radius 1 is 1.17 bits per heavy atom. The maximum Gasteiger partial charge on any atom is 0.253 e. The van der Waals surface area contributed by atoms with E-state index in [9.17, 15) is 9.18 Å². The number of benzene rings is 2. The minimum atomic E-state index is -0.643. The second-order valence-corrected chi connectivity index (χ2v) is 6.99. The topological polar surface area (TPSA) is 56.2 Å². The fourth-order valence-corrected chi connectivity index (χ4v) is 3.77. The van der Waals surface area contributed by atoms with Crippen molar-refractivity contribution in [1.29, 1.82) is 0 Å². The van der Waals surface area contributed by atoms with Crippen molar-refractivity contribution in [3.05, 3.63) is 87.9 Å². The lowest BCUT2D eigenvalue weighted by Crippen LogP contribution is -2.19. The largest absolute Gasteiger partial charge is 0.355 e. The molecule has 0 aliphatic carbocycles. The van der Waals surface area contributed by atoms with Crippen molar-refractivity contribution in [1.82, 2.24) is 19.4 Å². The number of pyridine rings is 1. The van der Waals surface area contributed by atoms with Gasteiger partial charge >= 0.3 is 0 Å². The first kappa shape index (κ1) is 19.5. The Hall–Kier alpha value is -3.83. The molecule has 0 radical (unpaired) electrons. The van der Waals surface area contributed by atoms with Gasteiger partial charge in [-0.2, -0.15) is 0 Å². The zero-order chi connectivity index (χ0) is 21.4. The van der Waals surface area contributed by atoms with Crippen molar-refractivity contribution in [2.45, 2.75) is 6.92 Å². The summed E-state index contributed by atoms with van der Waals surface area (Å²) in [5.74, 6) is -1.14. The van der Waals surface area contributed by atoms with Gasteiger partial charge in [0.2, 0.25) is 0 Å². The summed E-state index contributed by atoms with van der Waals surface area (Å²) < 4.78 is 18.5. The molecule has 1 N–H and O–H groups in total. The van der Waals surface area contributed by atoms with E-state index in [0.29, 0.717) is 27.3 Å². The molecule has 8 heteroatoms. The summed E-state index contributed by atoms with van der Waals surface area (Å²) in [6.07, 6.45) is 1.66. The molecule has 0 spiro atoms. The van der Waals surface area contributed by atoms with Crippen LogP contribution in [0.2, 0.25) is 0 Å². The van der Waals surface area contributed by atoms with Gasteiger partial charge in [0.05, 0.1) is 23.3 Å². The number of fused-ring (bicyclic) bond motifs is 1. The Balaban J connectivity index is 1.98. The van der Waals surface area contributed by atoms with Gasteiger partial charge in [0.1, 0.15) is 5.82 Å². The van der Waals surface area contributed by atoms with Crippen LogP contribution in [-0.2, 0) is 0 Å². The molecule has 4 rings (SSSR count). The molecule has 0 aliphatic heterocycles. The summed E-state index contributed by atoms with van der Waals surface area (Å²) in [4.78, 5) is 19.8. The summed E-state index contributed by atoms with van der Waals surface area (Å²) >= 11 is 5.74. The van der Waals surface area contributed by atoms with Gasteiger partial charge in [0.25, 0.3) is 5.91 Å². The number of carbonyl (C=O) groups is 1. The van der Waals surface area contributed by atoms with E-state index in [1.807, 2.05) is 25.1 Å². The van der Waals surface area contributed by atoms with E-state index in [1.54, 1.807) is 33.5 Å². The first-order chi connectivity index (χ1) is 14.5. The molecule has 0 unspecified atom stereocenters. The van der Waals surface area contributed by atoms with E-state index in [-0.39, 0.29) is 5.56 Å². The summed E-state index contributed by atoms with van der Waals surface area (Å²) in [6, 6.07) is 13.4. The molecule has 30 heavy (non-hydrogen) atoms. The number of aromatic nitrogens is 3.